The summed E-state index contributed by atoms with van der Waals surface area (Å²) in [4.78, 5) is 29.5. The maximum atomic E-state index is 11.7. The Kier molecular flexibility index (Phi) is 8.58. The van der Waals surface area contributed by atoms with Crippen molar-refractivity contribution in [1.29, 1.82) is 0 Å². The molecule has 0 radical (unpaired) electrons. The molecule has 1 aromatic rings. The molecule has 7 nitrogen and oxygen atoms in total. The Balaban J connectivity index is 0.00000116. The maximum absolute atomic E-state index is 11.7. The summed E-state index contributed by atoms with van der Waals surface area (Å²) >= 11 is 1.06. The molecule has 1 aliphatic rings. The van der Waals surface area contributed by atoms with Crippen LogP contribution in [-0.2, 0) is 52.9 Å². The molecule has 2 rings (SSSR count). The van der Waals surface area contributed by atoms with E-state index in [-0.39, 0.29) is 24.8 Å². The molecule has 0 aliphatic carbocycles. The number of pyridine rings is 1. The zero-order valence-electron chi connectivity index (χ0n) is 12.4. The Labute approximate surface area is 138 Å². The average Bonchev–Trinajstić information content (AvgIpc) is 2.49. The van der Waals surface area contributed by atoms with Gasteiger partial charge in [-0.1, -0.05) is 6.07 Å². The third-order valence-electron chi connectivity index (χ3n) is 2.99. The Morgan fingerprint density at radius 1 is 1.00 bits per heavy atom. The van der Waals surface area contributed by atoms with Crippen molar-refractivity contribution in [3.63, 3.8) is 0 Å². The minimum atomic E-state index is -0.303. The van der Waals surface area contributed by atoms with Gasteiger partial charge in [0.1, 0.15) is 13.2 Å². The third-order valence-corrected chi connectivity index (χ3v) is 2.99. The summed E-state index contributed by atoms with van der Waals surface area (Å²) in [6.07, 6.45) is 0.235. The molecule has 0 fully saturated rings. The van der Waals surface area contributed by atoms with Crippen LogP contribution in [0.4, 0.5) is 0 Å². The predicted molar refractivity (Wildman–Crippen MR) is 71.7 cm³/mol. The van der Waals surface area contributed by atoms with E-state index in [9.17, 15) is 9.59 Å². The molecule has 0 spiro atoms. The molecule has 1 aromatic heterocycles. The van der Waals surface area contributed by atoms with Crippen LogP contribution in [0.1, 0.15) is 11.4 Å². The number of hydrogen-bond donors (Lipinski definition) is 0. The molecule has 22 heavy (non-hydrogen) atoms. The van der Waals surface area contributed by atoms with Gasteiger partial charge in [-0.2, -0.15) is 0 Å². The summed E-state index contributed by atoms with van der Waals surface area (Å²) in [6.45, 7) is 1.86. The number of ether oxygens (including phenoxy) is 2. The number of rotatable bonds is 0. The van der Waals surface area contributed by atoms with Gasteiger partial charge in [0.15, 0.2) is 0 Å². The van der Waals surface area contributed by atoms with Gasteiger partial charge in [0.2, 0.25) is 0 Å². The number of fused-ring (bicyclic) bond motifs is 2. The number of cyclic esters (lactones) is 2. The number of hydrogen-bond acceptors (Lipinski definition) is 7. The normalized spacial score (nSPS) is 17.3. The minimum absolute atomic E-state index is 0.118. The van der Waals surface area contributed by atoms with E-state index >= 15 is 0 Å². The van der Waals surface area contributed by atoms with Crippen molar-refractivity contribution in [1.82, 2.24) is 9.88 Å². The fraction of sp³-hybridized carbons (Fsp3) is 0.500. The van der Waals surface area contributed by atoms with Crippen LogP contribution < -0.4 is 0 Å². The second kappa shape index (κ2) is 10.2. The third kappa shape index (κ3) is 6.93. The van der Waals surface area contributed by atoms with Crippen molar-refractivity contribution >= 4 is 11.9 Å². The molecule has 2 bridgehead atoms. The zero-order valence-corrected chi connectivity index (χ0v) is 13.8. The number of esters is 2. The molecule has 0 aromatic carbocycles. The van der Waals surface area contributed by atoms with Crippen molar-refractivity contribution in [2.24, 2.45) is 0 Å². The molecular formula is C14H18N2O5V. The number of likely N-dealkylation sites (N-methyl/N-ethyl adjacent to an activating group) is 1. The van der Waals surface area contributed by atoms with Crippen molar-refractivity contribution < 1.29 is 40.1 Å². The van der Waals surface area contributed by atoms with Crippen molar-refractivity contribution in [3.8, 4) is 0 Å². The van der Waals surface area contributed by atoms with Crippen molar-refractivity contribution in [2.45, 2.75) is 12.8 Å². The summed E-state index contributed by atoms with van der Waals surface area (Å²) in [5, 5.41) is 0. The van der Waals surface area contributed by atoms with Gasteiger partial charge in [0.25, 0.3) is 0 Å². The molecule has 2 heterocycles. The van der Waals surface area contributed by atoms with Crippen molar-refractivity contribution in [3.05, 3.63) is 29.6 Å². The van der Waals surface area contributed by atoms with E-state index in [1.54, 1.807) is 18.2 Å². The molecule has 0 N–H and O–H groups in total. The Hall–Kier alpha value is -1.57. The second-order valence-electron chi connectivity index (χ2n) is 4.72. The van der Waals surface area contributed by atoms with Gasteiger partial charge >= 0.3 is 33.0 Å². The Bertz CT molecular complexity index is 473. The van der Waals surface area contributed by atoms with E-state index in [0.29, 0.717) is 37.7 Å². The molecular weight excluding hydrogens is 327 g/mol. The molecule has 0 saturated carbocycles. The summed E-state index contributed by atoms with van der Waals surface area (Å²) in [6, 6.07) is 5.26. The van der Waals surface area contributed by atoms with Gasteiger partial charge in [-0.05, 0) is 19.2 Å². The van der Waals surface area contributed by atoms with E-state index in [1.807, 2.05) is 11.9 Å². The molecule has 1 aliphatic heterocycles. The number of aromatic nitrogens is 1. The van der Waals surface area contributed by atoms with Crippen LogP contribution in [0.5, 0.6) is 0 Å². The van der Waals surface area contributed by atoms with E-state index in [4.69, 9.17) is 13.1 Å². The number of nitrogens with zero attached hydrogens (tertiary/aromatic N) is 2. The molecule has 0 amide bonds. The summed E-state index contributed by atoms with van der Waals surface area (Å²) in [5.41, 5.74) is 1.21. The van der Waals surface area contributed by atoms with Crippen LogP contribution in [0.3, 0.4) is 0 Å². The van der Waals surface area contributed by atoms with Gasteiger partial charge in [0.05, 0.1) is 24.2 Å². The Morgan fingerprint density at radius 3 is 1.91 bits per heavy atom. The van der Waals surface area contributed by atoms with Crippen LogP contribution in [0, 0.1) is 0 Å². The van der Waals surface area contributed by atoms with Crippen LogP contribution in [-0.4, -0.2) is 55.2 Å². The fourth-order valence-corrected chi connectivity index (χ4v) is 1.87. The predicted octanol–water partition coefficient (Wildman–Crippen LogP) is 0.0771. The molecule has 0 atom stereocenters. The van der Waals surface area contributed by atoms with Crippen LogP contribution in [0.2, 0.25) is 0 Å². The first-order valence-electron chi connectivity index (χ1n) is 6.76. The van der Waals surface area contributed by atoms with Crippen molar-refractivity contribution in [2.75, 3.05) is 33.4 Å². The second-order valence-corrected chi connectivity index (χ2v) is 4.72. The summed E-state index contributed by atoms with van der Waals surface area (Å²) < 4.78 is 18.5. The van der Waals surface area contributed by atoms with Gasteiger partial charge < -0.3 is 9.47 Å². The molecule has 0 unspecified atom stereocenters. The fourth-order valence-electron chi connectivity index (χ4n) is 1.87. The molecule has 119 valence electrons. The zero-order chi connectivity index (χ0) is 16.4. The summed E-state index contributed by atoms with van der Waals surface area (Å²) in [5.74, 6) is -0.606. The first-order chi connectivity index (χ1) is 10.6. The van der Waals surface area contributed by atoms with E-state index in [0.717, 1.165) is 17.4 Å². The van der Waals surface area contributed by atoms with Gasteiger partial charge in [-0.25, -0.2) is 0 Å². The van der Waals surface area contributed by atoms with Gasteiger partial charge in [0, 0.05) is 13.1 Å². The van der Waals surface area contributed by atoms with E-state index < -0.39 is 0 Å². The molecule has 0 saturated heterocycles. The average molecular weight is 345 g/mol. The SMILES string of the molecule is CN1CCOC(=O)Cc2cccc(n2)CC(=O)OCC1.[O]=[V]. The van der Waals surface area contributed by atoms with Crippen LogP contribution >= 0.6 is 0 Å². The monoisotopic (exact) mass is 345 g/mol. The van der Waals surface area contributed by atoms with Crippen LogP contribution in [0.25, 0.3) is 0 Å². The van der Waals surface area contributed by atoms with Gasteiger partial charge in [-0.15, -0.1) is 0 Å². The van der Waals surface area contributed by atoms with Crippen LogP contribution in [0.15, 0.2) is 18.2 Å². The van der Waals surface area contributed by atoms with Gasteiger partial charge in [-0.3, -0.25) is 19.5 Å². The quantitative estimate of drug-likeness (QED) is 0.616. The summed E-state index contributed by atoms with van der Waals surface area (Å²) in [7, 11) is 1.89. The topological polar surface area (TPSA) is 85.8 Å². The standard InChI is InChI=1S/C14H18N2O4.O.V/c1-16-5-7-19-13(17)9-11-3-2-4-12(15-11)10-14(18)20-8-6-16;;/h2-4H,5-10H2,1H3;;. The number of carbonyl (C=O) groups is 2. The first-order valence-corrected chi connectivity index (χ1v) is 7.33. The Morgan fingerprint density at radius 2 is 1.45 bits per heavy atom. The molecule has 8 heteroatoms. The number of carbonyl (C=O) groups excluding carboxylic acids is 2. The first kappa shape index (κ1) is 18.5. The van der Waals surface area contributed by atoms with E-state index in [2.05, 4.69) is 4.98 Å². The van der Waals surface area contributed by atoms with E-state index in [1.165, 1.54) is 0 Å².